The summed E-state index contributed by atoms with van der Waals surface area (Å²) in [4.78, 5) is 0. The summed E-state index contributed by atoms with van der Waals surface area (Å²) in [5, 5.41) is 0. The van der Waals surface area contributed by atoms with Gasteiger partial charge in [-0.2, -0.15) is 0 Å². The van der Waals surface area contributed by atoms with Crippen LogP contribution in [0.4, 0.5) is 0 Å². The van der Waals surface area contributed by atoms with Gasteiger partial charge in [0.05, 0.1) is 0 Å². The molecule has 0 saturated heterocycles. The monoisotopic (exact) mass is 413 g/mol. The predicted octanol–water partition coefficient (Wildman–Crippen LogP) is 6.82. The van der Waals surface area contributed by atoms with Crippen molar-refractivity contribution in [3.05, 3.63) is 82.9 Å². The fourth-order valence-corrected chi connectivity index (χ4v) is 13.1. The topological polar surface area (TPSA) is 0 Å². The molecule has 0 aromatic heterocycles. The van der Waals surface area contributed by atoms with E-state index in [9.17, 15) is 0 Å². The quantitative estimate of drug-likeness (QED) is 0.483. The van der Waals surface area contributed by atoms with Crippen molar-refractivity contribution < 1.29 is 21.8 Å². The van der Waals surface area contributed by atoms with Crippen molar-refractivity contribution in [1.29, 1.82) is 0 Å². The first kappa shape index (κ1) is 17.9. The first-order valence-corrected chi connectivity index (χ1v) is 13.6. The molecule has 123 valence electrons. The van der Waals surface area contributed by atoms with Gasteiger partial charge in [0.2, 0.25) is 0 Å². The standard InChI is InChI=1S/2C9H7.C3H7.CH3Cl.Zr/c2*1-2-5-9-7-3-6-8(9)4-1;1-3-2;1-2;/h2*1-7H;3H,1-2H3;1H3;. The Morgan fingerprint density at radius 3 is 1.58 bits per heavy atom. The minimum absolute atomic E-state index is 0.722. The molecule has 0 amide bonds. The Morgan fingerprint density at radius 1 is 0.750 bits per heavy atom. The third-order valence-electron chi connectivity index (χ3n) is 4.98. The summed E-state index contributed by atoms with van der Waals surface area (Å²) < 4.78 is 2.28. The van der Waals surface area contributed by atoms with Gasteiger partial charge in [-0.05, 0) is 0 Å². The molecule has 0 spiro atoms. The van der Waals surface area contributed by atoms with Crippen LogP contribution in [0.1, 0.15) is 43.4 Å². The van der Waals surface area contributed by atoms with Crippen LogP contribution in [0.2, 0.25) is 3.63 Å². The van der Waals surface area contributed by atoms with Gasteiger partial charge in [-0.1, -0.05) is 0 Å². The average Bonchev–Trinajstić information content (AvgIpc) is 3.22. The molecule has 2 aliphatic rings. The Kier molecular flexibility index (Phi) is 5.95. The van der Waals surface area contributed by atoms with Gasteiger partial charge in [-0.15, -0.1) is 11.6 Å². The van der Waals surface area contributed by atoms with Gasteiger partial charge in [0.15, 0.2) is 0 Å². The van der Waals surface area contributed by atoms with Crippen LogP contribution in [0.3, 0.4) is 0 Å². The van der Waals surface area contributed by atoms with E-state index in [1.807, 2.05) is 0 Å². The summed E-state index contributed by atoms with van der Waals surface area (Å²) in [6.07, 6.45) is 11.2. The van der Waals surface area contributed by atoms with Crippen LogP contribution in [-0.2, 0) is 21.8 Å². The maximum atomic E-state index is 4.64. The maximum absolute atomic E-state index is 4.64. The van der Waals surface area contributed by atoms with Crippen LogP contribution in [-0.4, -0.2) is 6.38 Å². The zero-order valence-electron chi connectivity index (χ0n) is 14.5. The number of hydrogen-bond donors (Lipinski definition) is 0. The number of rotatable bonds is 3. The molecule has 0 bridgehead atoms. The fraction of sp³-hybridized carbons (Fsp3) is 0.273. The molecule has 0 saturated carbocycles. The van der Waals surface area contributed by atoms with Crippen LogP contribution < -0.4 is 0 Å². The Hall–Kier alpha value is -0.907. The van der Waals surface area contributed by atoms with E-state index in [-0.39, 0.29) is 0 Å². The number of halogens is 1. The summed E-state index contributed by atoms with van der Waals surface area (Å²) in [6.45, 7) is 4.91. The Bertz CT molecular complexity index is 699. The van der Waals surface area contributed by atoms with Gasteiger partial charge in [0.1, 0.15) is 0 Å². The van der Waals surface area contributed by atoms with Crippen LogP contribution in [0, 0.1) is 0 Å². The first-order chi connectivity index (χ1) is 11.8. The van der Waals surface area contributed by atoms with Crippen molar-refractivity contribution in [1.82, 2.24) is 0 Å². The summed E-state index contributed by atoms with van der Waals surface area (Å²) >= 11 is 2.88. The molecule has 2 unspecified atom stereocenters. The average molecular weight is 415 g/mol. The molecule has 0 nitrogen and oxygen atoms in total. The van der Waals surface area contributed by atoms with E-state index in [0.29, 0.717) is 0 Å². The summed E-state index contributed by atoms with van der Waals surface area (Å²) in [5.41, 5.74) is 6.06. The van der Waals surface area contributed by atoms with Gasteiger partial charge in [0, 0.05) is 6.38 Å². The SMILES string of the molecule is CCl.C[CH](C)[Zr]([CH]1C=Cc2ccccc21)[CH]1C=Cc2ccccc21. The van der Waals surface area contributed by atoms with E-state index in [0.717, 1.165) is 10.9 Å². The minimum atomic E-state index is -1.75. The second kappa shape index (κ2) is 7.98. The zero-order valence-corrected chi connectivity index (χ0v) is 17.8. The van der Waals surface area contributed by atoms with Crippen molar-refractivity contribution in [3.63, 3.8) is 0 Å². The number of benzene rings is 2. The molecule has 0 heterocycles. The molecule has 0 fully saturated rings. The molecule has 2 heteroatoms. The number of fused-ring (bicyclic) bond motifs is 2. The molecule has 4 rings (SSSR count). The number of alkyl halides is 1. The van der Waals surface area contributed by atoms with Gasteiger partial charge in [-0.25, -0.2) is 0 Å². The Balaban J connectivity index is 0.000000815. The predicted molar refractivity (Wildman–Crippen MR) is 103 cm³/mol. The summed E-state index contributed by atoms with van der Waals surface area (Å²) in [5.74, 6) is 0. The first-order valence-electron chi connectivity index (χ1n) is 8.54. The van der Waals surface area contributed by atoms with Gasteiger partial charge in [0.25, 0.3) is 0 Å². The van der Waals surface area contributed by atoms with Crippen molar-refractivity contribution >= 4 is 23.8 Å². The summed E-state index contributed by atoms with van der Waals surface area (Å²) in [7, 11) is 0. The molecule has 2 aromatic rings. The Labute approximate surface area is 158 Å². The van der Waals surface area contributed by atoms with Gasteiger partial charge >= 0.3 is 142 Å². The second-order valence-corrected chi connectivity index (χ2v) is 14.9. The van der Waals surface area contributed by atoms with Crippen molar-refractivity contribution in [2.45, 2.75) is 24.7 Å². The van der Waals surface area contributed by atoms with E-state index in [1.54, 1.807) is 11.1 Å². The molecule has 0 N–H and O–H groups in total. The van der Waals surface area contributed by atoms with E-state index in [1.165, 1.54) is 17.5 Å². The molecule has 0 radical (unpaired) electrons. The molecule has 0 aliphatic heterocycles. The fourth-order valence-electron chi connectivity index (χ4n) is 3.99. The van der Waals surface area contributed by atoms with Crippen LogP contribution in [0.25, 0.3) is 12.2 Å². The third kappa shape index (κ3) is 3.26. The number of hydrogen-bond acceptors (Lipinski definition) is 0. The Morgan fingerprint density at radius 2 is 1.17 bits per heavy atom. The second-order valence-electron chi connectivity index (χ2n) is 6.59. The normalized spacial score (nSPS) is 19.7. The van der Waals surface area contributed by atoms with E-state index >= 15 is 0 Å². The van der Waals surface area contributed by atoms with Crippen molar-refractivity contribution in [3.8, 4) is 0 Å². The molecule has 2 aliphatic carbocycles. The molecule has 2 aromatic carbocycles. The van der Waals surface area contributed by atoms with E-state index in [4.69, 9.17) is 0 Å². The number of allylic oxidation sites excluding steroid dienone is 2. The molecule has 2 atom stereocenters. The zero-order chi connectivity index (χ0) is 17.1. The molecule has 24 heavy (non-hydrogen) atoms. The van der Waals surface area contributed by atoms with Crippen molar-refractivity contribution in [2.24, 2.45) is 0 Å². The van der Waals surface area contributed by atoms with Crippen LogP contribution in [0.15, 0.2) is 60.7 Å². The van der Waals surface area contributed by atoms with E-state index < -0.39 is 21.8 Å². The van der Waals surface area contributed by atoms with E-state index in [2.05, 4.69) is 98.3 Å². The molecular weight excluding hydrogens is 391 g/mol. The summed E-state index contributed by atoms with van der Waals surface area (Å²) in [6, 6.07) is 18.0. The van der Waals surface area contributed by atoms with Crippen molar-refractivity contribution in [2.75, 3.05) is 6.38 Å². The van der Waals surface area contributed by atoms with Crippen LogP contribution in [0.5, 0.6) is 0 Å². The molecular formula is C22H24ClZr. The van der Waals surface area contributed by atoms with Gasteiger partial charge in [-0.3, -0.25) is 0 Å². The van der Waals surface area contributed by atoms with Gasteiger partial charge < -0.3 is 0 Å². The van der Waals surface area contributed by atoms with Crippen LogP contribution >= 0.6 is 11.6 Å². The third-order valence-corrected chi connectivity index (χ3v) is 14.3.